The van der Waals surface area contributed by atoms with Crippen molar-refractivity contribution in [1.82, 2.24) is 24.5 Å². The standard InChI is InChI=1S/C26H27N7O3S/c1-33-5-4-30-26(33)37-14-16(27)13-36-17-6-15(10-29-11-17)21-7-18-19-8-23(34-2)24(35-3)9-22(19)31-12-20(18)25(28)32-21/h4-12,16H,13-14,27H2,1-3H3,(H2,28,32)/t16-/m1/s1. The largest absolute Gasteiger partial charge is 0.493 e. The minimum absolute atomic E-state index is 0.175. The molecule has 0 spiro atoms. The summed E-state index contributed by atoms with van der Waals surface area (Å²) in [5, 5.41) is 3.44. The highest BCUT2D eigenvalue weighted by atomic mass is 32.2. The highest BCUT2D eigenvalue weighted by Crippen LogP contribution is 2.37. The molecule has 0 aliphatic heterocycles. The molecule has 0 unspecified atom stereocenters. The minimum Gasteiger partial charge on any atom is -0.493 e. The molecule has 0 aliphatic carbocycles. The second-order valence-corrected chi connectivity index (χ2v) is 9.44. The molecule has 0 fully saturated rings. The van der Waals surface area contributed by atoms with E-state index in [2.05, 4.69) is 19.9 Å². The number of imidazole rings is 1. The Balaban J connectivity index is 1.40. The van der Waals surface area contributed by atoms with Crippen LogP contribution in [0.1, 0.15) is 0 Å². The number of anilines is 1. The van der Waals surface area contributed by atoms with Gasteiger partial charge in [0.05, 0.1) is 31.6 Å². The monoisotopic (exact) mass is 517 g/mol. The molecule has 1 atom stereocenters. The Morgan fingerprint density at radius 3 is 2.54 bits per heavy atom. The summed E-state index contributed by atoms with van der Waals surface area (Å²) in [7, 11) is 5.15. The summed E-state index contributed by atoms with van der Waals surface area (Å²) in [6.45, 7) is 0.341. The fourth-order valence-electron chi connectivity index (χ4n) is 3.97. The van der Waals surface area contributed by atoms with Crippen LogP contribution in [0, 0.1) is 0 Å². The zero-order valence-electron chi connectivity index (χ0n) is 20.7. The van der Waals surface area contributed by atoms with Crippen molar-refractivity contribution in [1.29, 1.82) is 0 Å². The maximum Gasteiger partial charge on any atom is 0.167 e. The van der Waals surface area contributed by atoms with Crippen molar-refractivity contribution in [2.75, 3.05) is 32.3 Å². The SMILES string of the molecule is COc1cc2ncc3c(N)nc(-c4cncc(OC[C@@H](N)CSc5nccn5C)c4)cc3c2cc1OC. The number of hydrogen-bond donors (Lipinski definition) is 2. The fourth-order valence-corrected chi connectivity index (χ4v) is 4.83. The van der Waals surface area contributed by atoms with Gasteiger partial charge in [0.15, 0.2) is 16.7 Å². The molecule has 4 N–H and O–H groups in total. The summed E-state index contributed by atoms with van der Waals surface area (Å²) < 4.78 is 18.8. The maximum atomic E-state index is 6.35. The third kappa shape index (κ3) is 5.09. The number of nitrogens with two attached hydrogens (primary N) is 2. The molecule has 0 saturated carbocycles. The molecule has 37 heavy (non-hydrogen) atoms. The molecule has 0 radical (unpaired) electrons. The lowest BCUT2D eigenvalue weighted by Crippen LogP contribution is -2.30. The quantitative estimate of drug-likeness (QED) is 0.220. The number of rotatable bonds is 9. The summed E-state index contributed by atoms with van der Waals surface area (Å²) in [5.74, 6) is 2.86. The lowest BCUT2D eigenvalue weighted by molar-refractivity contribution is 0.297. The van der Waals surface area contributed by atoms with Crippen LogP contribution in [0.4, 0.5) is 5.82 Å². The fraction of sp³-hybridized carbons (Fsp3) is 0.231. The van der Waals surface area contributed by atoms with E-state index in [1.54, 1.807) is 50.8 Å². The highest BCUT2D eigenvalue weighted by molar-refractivity contribution is 7.99. The van der Waals surface area contributed by atoms with Crippen molar-refractivity contribution < 1.29 is 14.2 Å². The summed E-state index contributed by atoms with van der Waals surface area (Å²) in [6, 6.07) is 7.42. The average Bonchev–Trinajstić information content (AvgIpc) is 3.34. The molecule has 5 aromatic rings. The van der Waals surface area contributed by atoms with Crippen molar-refractivity contribution in [2.45, 2.75) is 11.2 Å². The van der Waals surface area contributed by atoms with E-state index in [1.807, 2.05) is 42.1 Å². The molecule has 4 aromatic heterocycles. The first-order valence-electron chi connectivity index (χ1n) is 11.5. The van der Waals surface area contributed by atoms with Crippen LogP contribution in [0.5, 0.6) is 17.2 Å². The molecule has 11 heteroatoms. The van der Waals surface area contributed by atoms with Crippen LogP contribution in [0.3, 0.4) is 0 Å². The first-order chi connectivity index (χ1) is 18.0. The zero-order valence-corrected chi connectivity index (χ0v) is 21.5. The van der Waals surface area contributed by atoms with Crippen LogP contribution >= 0.6 is 11.8 Å². The van der Waals surface area contributed by atoms with Gasteiger partial charge in [0.1, 0.15) is 18.2 Å². The van der Waals surface area contributed by atoms with Gasteiger partial charge in [-0.2, -0.15) is 0 Å². The van der Waals surface area contributed by atoms with E-state index in [0.29, 0.717) is 41.1 Å². The average molecular weight is 518 g/mol. The van der Waals surface area contributed by atoms with Crippen LogP contribution in [0.25, 0.3) is 32.9 Å². The van der Waals surface area contributed by atoms with Crippen LogP contribution in [0.15, 0.2) is 60.4 Å². The van der Waals surface area contributed by atoms with E-state index in [9.17, 15) is 0 Å². The summed E-state index contributed by atoms with van der Waals surface area (Å²) in [5.41, 5.74) is 14.8. The van der Waals surface area contributed by atoms with E-state index in [4.69, 9.17) is 25.7 Å². The van der Waals surface area contributed by atoms with Gasteiger partial charge in [0, 0.05) is 66.0 Å². The van der Waals surface area contributed by atoms with Gasteiger partial charge in [-0.15, -0.1) is 0 Å². The third-order valence-electron chi connectivity index (χ3n) is 5.89. The molecular weight excluding hydrogens is 490 g/mol. The highest BCUT2D eigenvalue weighted by Gasteiger charge is 2.14. The van der Waals surface area contributed by atoms with E-state index < -0.39 is 0 Å². The molecule has 1 aromatic carbocycles. The van der Waals surface area contributed by atoms with Gasteiger partial charge in [-0.1, -0.05) is 11.8 Å². The lowest BCUT2D eigenvalue weighted by atomic mass is 10.0. The van der Waals surface area contributed by atoms with Crippen molar-refractivity contribution in [3.63, 3.8) is 0 Å². The molecule has 0 saturated heterocycles. The topological polar surface area (TPSA) is 136 Å². The molecule has 10 nitrogen and oxygen atoms in total. The number of methoxy groups -OCH3 is 2. The van der Waals surface area contributed by atoms with Crippen molar-refractivity contribution in [3.8, 4) is 28.5 Å². The van der Waals surface area contributed by atoms with Crippen LogP contribution < -0.4 is 25.7 Å². The lowest BCUT2D eigenvalue weighted by Gasteiger charge is -2.14. The maximum absolute atomic E-state index is 6.35. The number of aromatic nitrogens is 5. The van der Waals surface area contributed by atoms with E-state index in [-0.39, 0.29) is 6.04 Å². The van der Waals surface area contributed by atoms with Gasteiger partial charge in [0.2, 0.25) is 0 Å². The van der Waals surface area contributed by atoms with Crippen molar-refractivity contribution in [3.05, 3.63) is 55.2 Å². The Bertz CT molecular complexity index is 1570. The first kappa shape index (κ1) is 24.6. The van der Waals surface area contributed by atoms with Crippen LogP contribution in [-0.4, -0.2) is 57.1 Å². The number of pyridine rings is 3. The molecule has 4 heterocycles. The summed E-state index contributed by atoms with van der Waals surface area (Å²) in [6.07, 6.45) is 8.77. The van der Waals surface area contributed by atoms with Gasteiger partial charge in [-0.25, -0.2) is 9.97 Å². The molecule has 0 amide bonds. The zero-order chi connectivity index (χ0) is 25.9. The first-order valence-corrected chi connectivity index (χ1v) is 12.5. The minimum atomic E-state index is -0.175. The van der Waals surface area contributed by atoms with E-state index in [1.165, 1.54) is 0 Å². The number of fused-ring (bicyclic) bond motifs is 3. The van der Waals surface area contributed by atoms with Gasteiger partial charge in [0.25, 0.3) is 0 Å². The Hall–Kier alpha value is -4.09. The summed E-state index contributed by atoms with van der Waals surface area (Å²) >= 11 is 1.59. The Morgan fingerprint density at radius 2 is 1.78 bits per heavy atom. The number of ether oxygens (including phenoxy) is 3. The van der Waals surface area contributed by atoms with Crippen molar-refractivity contribution >= 4 is 39.3 Å². The normalized spacial score (nSPS) is 12.1. The second-order valence-electron chi connectivity index (χ2n) is 8.45. The molecular formula is C26H27N7O3S. The Morgan fingerprint density at radius 1 is 0.973 bits per heavy atom. The molecule has 190 valence electrons. The van der Waals surface area contributed by atoms with Crippen LogP contribution in [0.2, 0.25) is 0 Å². The second kappa shape index (κ2) is 10.5. The van der Waals surface area contributed by atoms with Gasteiger partial charge in [-0.3, -0.25) is 9.97 Å². The number of nitrogen functional groups attached to an aromatic ring is 1. The van der Waals surface area contributed by atoms with Gasteiger partial charge < -0.3 is 30.2 Å². The van der Waals surface area contributed by atoms with E-state index >= 15 is 0 Å². The number of nitrogens with zero attached hydrogens (tertiary/aromatic N) is 5. The molecule has 0 aliphatic rings. The predicted molar refractivity (Wildman–Crippen MR) is 145 cm³/mol. The number of thioether (sulfide) groups is 1. The Labute approximate surface area is 218 Å². The van der Waals surface area contributed by atoms with E-state index in [0.717, 1.165) is 32.4 Å². The van der Waals surface area contributed by atoms with Crippen molar-refractivity contribution in [2.24, 2.45) is 12.8 Å². The molecule has 0 bridgehead atoms. The summed E-state index contributed by atoms with van der Waals surface area (Å²) in [4.78, 5) is 17.8. The molecule has 5 rings (SSSR count). The number of hydrogen-bond acceptors (Lipinski definition) is 10. The van der Waals surface area contributed by atoms with Gasteiger partial charge in [-0.05, 0) is 23.6 Å². The number of aryl methyl sites for hydroxylation is 1. The predicted octanol–water partition coefficient (Wildman–Crippen LogP) is 3.68. The smallest absolute Gasteiger partial charge is 0.167 e. The number of benzene rings is 1. The third-order valence-corrected chi connectivity index (χ3v) is 7.14. The van der Waals surface area contributed by atoms with Crippen LogP contribution in [-0.2, 0) is 7.05 Å². The van der Waals surface area contributed by atoms with Gasteiger partial charge >= 0.3 is 0 Å². The Kier molecular flexibility index (Phi) is 6.97.